The van der Waals surface area contributed by atoms with Crippen LogP contribution in [0.3, 0.4) is 0 Å². The van der Waals surface area contributed by atoms with Gasteiger partial charge in [-0.2, -0.15) is 0 Å². The first-order valence-corrected chi connectivity index (χ1v) is 7.59. The number of thiophene rings is 1. The van der Waals surface area contributed by atoms with E-state index in [1.165, 1.54) is 40.2 Å². The normalized spacial score (nSPS) is 11.0. The number of hydrogen-bond donors (Lipinski definition) is 1. The highest BCUT2D eigenvalue weighted by Gasteiger charge is 2.15. The highest BCUT2D eigenvalue weighted by molar-refractivity contribution is 7.17. The number of nitrogens with two attached hydrogens (primary N) is 1. The Bertz CT molecular complexity index is 1000. The van der Waals surface area contributed by atoms with Crippen molar-refractivity contribution < 1.29 is 9.18 Å². The molecule has 0 atom stereocenters. The number of hydrogen-bond acceptors (Lipinski definition) is 4. The van der Waals surface area contributed by atoms with E-state index < -0.39 is 23.0 Å². The lowest BCUT2D eigenvalue weighted by Crippen LogP contribution is -2.41. The summed E-state index contributed by atoms with van der Waals surface area (Å²) in [4.78, 5) is 36.3. The Kier molecular flexibility index (Phi) is 3.83. The SMILES string of the molecule is NC(=O)Cn1c(=O)n(Cc2ccc(F)cc2)c(=O)c2sccc21. The molecule has 0 spiro atoms. The van der Waals surface area contributed by atoms with Gasteiger partial charge in [-0.25, -0.2) is 9.18 Å². The van der Waals surface area contributed by atoms with Crippen LogP contribution in [0.2, 0.25) is 0 Å². The van der Waals surface area contributed by atoms with Crippen molar-refractivity contribution in [2.24, 2.45) is 5.73 Å². The summed E-state index contributed by atoms with van der Waals surface area (Å²) in [6.45, 7) is -0.319. The molecule has 2 N–H and O–H groups in total. The monoisotopic (exact) mass is 333 g/mol. The summed E-state index contributed by atoms with van der Waals surface area (Å²) in [7, 11) is 0. The maximum atomic E-state index is 13.0. The maximum absolute atomic E-state index is 13.0. The molecule has 0 bridgehead atoms. The zero-order valence-corrected chi connectivity index (χ0v) is 12.7. The van der Waals surface area contributed by atoms with Gasteiger partial charge in [-0.15, -0.1) is 11.3 Å². The first-order valence-electron chi connectivity index (χ1n) is 6.71. The van der Waals surface area contributed by atoms with Gasteiger partial charge in [0.15, 0.2) is 0 Å². The van der Waals surface area contributed by atoms with Crippen LogP contribution < -0.4 is 17.0 Å². The zero-order chi connectivity index (χ0) is 16.6. The molecule has 0 aliphatic heterocycles. The fourth-order valence-electron chi connectivity index (χ4n) is 2.35. The number of carbonyl (C=O) groups is 1. The fourth-order valence-corrected chi connectivity index (χ4v) is 3.20. The van der Waals surface area contributed by atoms with Gasteiger partial charge >= 0.3 is 5.69 Å². The molecule has 0 aliphatic rings. The van der Waals surface area contributed by atoms with Crippen molar-refractivity contribution >= 4 is 27.5 Å². The van der Waals surface area contributed by atoms with Gasteiger partial charge in [-0.1, -0.05) is 12.1 Å². The highest BCUT2D eigenvalue weighted by Crippen LogP contribution is 2.15. The maximum Gasteiger partial charge on any atom is 0.332 e. The summed E-state index contributed by atoms with van der Waals surface area (Å²) in [6, 6.07) is 7.11. The molecule has 0 unspecified atom stereocenters. The molecule has 0 aliphatic carbocycles. The Morgan fingerprint density at radius 3 is 2.48 bits per heavy atom. The molecule has 3 aromatic rings. The van der Waals surface area contributed by atoms with E-state index in [1.807, 2.05) is 0 Å². The molecular weight excluding hydrogens is 321 g/mol. The standard InChI is InChI=1S/C15H12FN3O3S/c16-10-3-1-9(2-4-10)7-19-14(21)13-11(5-6-23-13)18(15(19)22)8-12(17)20/h1-6H,7-8H2,(H2,17,20). The minimum atomic E-state index is -0.674. The van der Waals surface area contributed by atoms with E-state index in [-0.39, 0.29) is 13.1 Å². The molecule has 2 heterocycles. The number of aromatic nitrogens is 2. The van der Waals surface area contributed by atoms with Gasteiger partial charge < -0.3 is 5.73 Å². The Morgan fingerprint density at radius 1 is 1.13 bits per heavy atom. The average Bonchev–Trinajstić information content (AvgIpc) is 2.99. The quantitative estimate of drug-likeness (QED) is 0.769. The lowest BCUT2D eigenvalue weighted by Gasteiger charge is -2.11. The van der Waals surface area contributed by atoms with Gasteiger partial charge in [0.25, 0.3) is 5.56 Å². The van der Waals surface area contributed by atoms with E-state index in [0.717, 1.165) is 4.57 Å². The van der Waals surface area contributed by atoms with Crippen molar-refractivity contribution in [2.75, 3.05) is 0 Å². The number of halogens is 1. The molecule has 0 radical (unpaired) electrons. The van der Waals surface area contributed by atoms with Crippen molar-refractivity contribution in [1.82, 2.24) is 9.13 Å². The van der Waals surface area contributed by atoms with E-state index in [9.17, 15) is 18.8 Å². The minimum Gasteiger partial charge on any atom is -0.368 e. The molecular formula is C15H12FN3O3S. The first kappa shape index (κ1) is 15.2. The van der Waals surface area contributed by atoms with Gasteiger partial charge in [0, 0.05) is 0 Å². The van der Waals surface area contributed by atoms with Crippen LogP contribution in [0.4, 0.5) is 4.39 Å². The Balaban J connectivity index is 2.19. The number of benzene rings is 1. The van der Waals surface area contributed by atoms with E-state index in [0.29, 0.717) is 15.8 Å². The minimum absolute atomic E-state index is 0.00938. The third kappa shape index (κ3) is 2.80. The number of carbonyl (C=O) groups excluding carboxylic acids is 1. The number of rotatable bonds is 4. The third-order valence-electron chi connectivity index (χ3n) is 3.40. The Hall–Kier alpha value is -2.74. The molecule has 1 aromatic carbocycles. The zero-order valence-electron chi connectivity index (χ0n) is 11.9. The summed E-state index contributed by atoms with van der Waals surface area (Å²) < 4.78 is 15.5. The van der Waals surface area contributed by atoms with E-state index in [2.05, 4.69) is 0 Å². The van der Waals surface area contributed by atoms with Gasteiger partial charge in [-0.05, 0) is 29.1 Å². The summed E-state index contributed by atoms with van der Waals surface area (Å²) in [6.07, 6.45) is 0. The molecule has 6 nitrogen and oxygen atoms in total. The van der Waals surface area contributed by atoms with Crippen LogP contribution in [-0.2, 0) is 17.9 Å². The summed E-state index contributed by atoms with van der Waals surface area (Å²) in [5.74, 6) is -1.08. The van der Waals surface area contributed by atoms with E-state index >= 15 is 0 Å². The lowest BCUT2D eigenvalue weighted by molar-refractivity contribution is -0.118. The van der Waals surface area contributed by atoms with Crippen molar-refractivity contribution in [2.45, 2.75) is 13.1 Å². The van der Waals surface area contributed by atoms with Crippen LogP contribution >= 0.6 is 11.3 Å². The molecule has 0 saturated carbocycles. The molecule has 8 heteroatoms. The van der Waals surface area contributed by atoms with Crippen LogP contribution in [0.25, 0.3) is 10.2 Å². The fraction of sp³-hybridized carbons (Fsp3) is 0.133. The number of nitrogens with zero attached hydrogens (tertiary/aromatic N) is 2. The van der Waals surface area contributed by atoms with Crippen LogP contribution in [-0.4, -0.2) is 15.0 Å². The van der Waals surface area contributed by atoms with Crippen LogP contribution in [0.1, 0.15) is 5.56 Å². The summed E-state index contributed by atoms with van der Waals surface area (Å²) in [5, 5.41) is 1.67. The molecule has 0 fully saturated rings. The predicted octanol–water partition coefficient (Wildman–Crippen LogP) is 0.897. The summed E-state index contributed by atoms with van der Waals surface area (Å²) >= 11 is 1.19. The summed E-state index contributed by atoms with van der Waals surface area (Å²) in [5.41, 5.74) is 5.12. The van der Waals surface area contributed by atoms with Crippen LogP contribution in [0, 0.1) is 5.82 Å². The first-order chi connectivity index (χ1) is 11.0. The Labute approximate surface area is 133 Å². The molecule has 118 valence electrons. The molecule has 23 heavy (non-hydrogen) atoms. The predicted molar refractivity (Wildman–Crippen MR) is 85.0 cm³/mol. The molecule has 1 amide bonds. The molecule has 2 aromatic heterocycles. The van der Waals surface area contributed by atoms with Gasteiger partial charge in [0.2, 0.25) is 5.91 Å². The van der Waals surface area contributed by atoms with Crippen molar-refractivity contribution in [3.63, 3.8) is 0 Å². The number of fused-ring (bicyclic) bond motifs is 1. The van der Waals surface area contributed by atoms with E-state index in [4.69, 9.17) is 5.73 Å². The van der Waals surface area contributed by atoms with Gasteiger partial charge in [-0.3, -0.25) is 18.7 Å². The van der Waals surface area contributed by atoms with Crippen molar-refractivity contribution in [3.8, 4) is 0 Å². The van der Waals surface area contributed by atoms with Crippen LogP contribution in [0.5, 0.6) is 0 Å². The van der Waals surface area contributed by atoms with Crippen molar-refractivity contribution in [1.29, 1.82) is 0 Å². The van der Waals surface area contributed by atoms with Gasteiger partial charge in [0.1, 0.15) is 17.1 Å². The largest absolute Gasteiger partial charge is 0.368 e. The highest BCUT2D eigenvalue weighted by atomic mass is 32.1. The van der Waals surface area contributed by atoms with Crippen molar-refractivity contribution in [3.05, 3.63) is 67.9 Å². The second kappa shape index (κ2) is 5.81. The Morgan fingerprint density at radius 2 is 1.83 bits per heavy atom. The number of amides is 1. The number of primary amides is 1. The van der Waals surface area contributed by atoms with E-state index in [1.54, 1.807) is 11.4 Å². The second-order valence-electron chi connectivity index (χ2n) is 4.99. The molecule has 0 saturated heterocycles. The topological polar surface area (TPSA) is 87.1 Å². The smallest absolute Gasteiger partial charge is 0.332 e. The van der Waals surface area contributed by atoms with Crippen LogP contribution in [0.15, 0.2) is 45.3 Å². The molecule has 3 rings (SSSR count). The third-order valence-corrected chi connectivity index (χ3v) is 4.30. The van der Waals surface area contributed by atoms with Gasteiger partial charge in [0.05, 0.1) is 12.1 Å². The second-order valence-corrected chi connectivity index (χ2v) is 5.90. The lowest BCUT2D eigenvalue weighted by atomic mass is 10.2. The average molecular weight is 333 g/mol.